The zero-order valence-corrected chi connectivity index (χ0v) is 9.54. The average Bonchev–Trinajstić information content (AvgIpc) is 2.40. The van der Waals surface area contributed by atoms with E-state index in [1.165, 1.54) is 0 Å². The Morgan fingerprint density at radius 2 is 2.27 bits per heavy atom. The largest absolute Gasteiger partial charge is 0.465 e. The van der Waals surface area contributed by atoms with Gasteiger partial charge in [0, 0.05) is 5.92 Å². The molecule has 1 rings (SSSR count). The molecule has 1 aliphatic carbocycles. The summed E-state index contributed by atoms with van der Waals surface area (Å²) in [4.78, 5) is 11.8. The lowest BCUT2D eigenvalue weighted by atomic mass is 9.74. The van der Waals surface area contributed by atoms with Crippen molar-refractivity contribution in [3.8, 4) is 12.3 Å². The minimum absolute atomic E-state index is 0.271. The van der Waals surface area contributed by atoms with Gasteiger partial charge >= 0.3 is 5.97 Å². The Balaban J connectivity index is 2.97. The van der Waals surface area contributed by atoms with Crippen LogP contribution < -0.4 is 0 Å². The van der Waals surface area contributed by atoms with Crippen molar-refractivity contribution in [2.75, 3.05) is 6.61 Å². The van der Waals surface area contributed by atoms with Gasteiger partial charge in [-0.05, 0) is 33.6 Å². The maximum atomic E-state index is 11.8. The molecule has 3 heteroatoms. The van der Waals surface area contributed by atoms with Crippen LogP contribution in [0.15, 0.2) is 0 Å². The first kappa shape index (κ1) is 12.1. The molecule has 1 aliphatic rings. The monoisotopic (exact) mass is 210 g/mol. The molecule has 84 valence electrons. The lowest BCUT2D eigenvalue weighted by molar-refractivity contribution is -0.168. The van der Waals surface area contributed by atoms with Gasteiger partial charge in [-0.3, -0.25) is 4.79 Å². The number of rotatable bonds is 2. The molecule has 0 radical (unpaired) electrons. The number of aliphatic hydroxyl groups is 1. The van der Waals surface area contributed by atoms with E-state index < -0.39 is 11.0 Å². The summed E-state index contributed by atoms with van der Waals surface area (Å²) >= 11 is 0. The van der Waals surface area contributed by atoms with E-state index in [9.17, 15) is 9.90 Å². The van der Waals surface area contributed by atoms with Crippen LogP contribution in [0.25, 0.3) is 0 Å². The molecule has 0 aromatic rings. The molecular weight excluding hydrogens is 192 g/mol. The summed E-state index contributed by atoms with van der Waals surface area (Å²) in [6.07, 6.45) is 6.59. The van der Waals surface area contributed by atoms with Gasteiger partial charge in [-0.15, -0.1) is 12.3 Å². The summed E-state index contributed by atoms with van der Waals surface area (Å²) in [6, 6.07) is 0. The van der Waals surface area contributed by atoms with Crippen LogP contribution in [0.4, 0.5) is 0 Å². The van der Waals surface area contributed by atoms with E-state index in [0.717, 1.165) is 0 Å². The van der Waals surface area contributed by atoms with E-state index >= 15 is 0 Å². The Hall–Kier alpha value is -1.01. The van der Waals surface area contributed by atoms with Crippen LogP contribution in [-0.2, 0) is 9.53 Å². The molecule has 3 atom stereocenters. The molecule has 0 bridgehead atoms. The fourth-order valence-corrected chi connectivity index (χ4v) is 2.20. The number of terminal acetylenes is 1. The van der Waals surface area contributed by atoms with Crippen LogP contribution >= 0.6 is 0 Å². The predicted molar refractivity (Wildman–Crippen MR) is 56.9 cm³/mol. The van der Waals surface area contributed by atoms with Crippen molar-refractivity contribution in [1.82, 2.24) is 0 Å². The van der Waals surface area contributed by atoms with E-state index in [1.54, 1.807) is 20.8 Å². The fraction of sp³-hybridized carbons (Fsp3) is 0.750. The second-order valence-corrected chi connectivity index (χ2v) is 4.46. The molecule has 1 fully saturated rings. The smallest absolute Gasteiger partial charge is 0.314 e. The quantitative estimate of drug-likeness (QED) is 0.553. The van der Waals surface area contributed by atoms with Gasteiger partial charge in [0.05, 0.1) is 17.6 Å². The Bertz CT molecular complexity index is 300. The summed E-state index contributed by atoms with van der Waals surface area (Å²) in [5.74, 6) is 1.92. The van der Waals surface area contributed by atoms with Crippen LogP contribution in [0.1, 0.15) is 33.6 Å². The van der Waals surface area contributed by atoms with Gasteiger partial charge in [0.25, 0.3) is 0 Å². The van der Waals surface area contributed by atoms with Crippen molar-refractivity contribution >= 4 is 5.97 Å². The van der Waals surface area contributed by atoms with Crippen LogP contribution in [0.2, 0.25) is 0 Å². The van der Waals surface area contributed by atoms with Gasteiger partial charge in [-0.1, -0.05) is 0 Å². The highest BCUT2D eigenvalue weighted by molar-refractivity contribution is 5.78. The molecule has 0 aromatic heterocycles. The number of carbonyl (C=O) groups is 1. The standard InChI is InChI=1S/C12H18O3/c1-5-9-7-8-11(3,12(9,4)14)10(13)15-6-2/h1,9,14H,6-8H2,2-4H3/t9-,11+,12+/m0/s1. The van der Waals surface area contributed by atoms with Crippen LogP contribution in [-0.4, -0.2) is 23.3 Å². The van der Waals surface area contributed by atoms with E-state index in [1.807, 2.05) is 0 Å². The normalized spacial score (nSPS) is 39.8. The molecule has 0 heterocycles. The molecule has 0 spiro atoms. The summed E-state index contributed by atoms with van der Waals surface area (Å²) in [6.45, 7) is 5.43. The summed E-state index contributed by atoms with van der Waals surface area (Å²) < 4.78 is 4.99. The third-order valence-corrected chi connectivity index (χ3v) is 3.66. The topological polar surface area (TPSA) is 46.5 Å². The minimum Gasteiger partial charge on any atom is -0.465 e. The van der Waals surface area contributed by atoms with E-state index in [4.69, 9.17) is 11.2 Å². The molecule has 1 N–H and O–H groups in total. The Labute approximate surface area is 90.8 Å². The Morgan fingerprint density at radius 1 is 1.67 bits per heavy atom. The average molecular weight is 210 g/mol. The molecule has 3 nitrogen and oxygen atoms in total. The lowest BCUT2D eigenvalue weighted by Gasteiger charge is -2.36. The molecule has 0 aliphatic heterocycles. The van der Waals surface area contributed by atoms with Crippen LogP contribution in [0, 0.1) is 23.7 Å². The third-order valence-electron chi connectivity index (χ3n) is 3.66. The van der Waals surface area contributed by atoms with E-state index in [0.29, 0.717) is 19.4 Å². The first-order valence-electron chi connectivity index (χ1n) is 5.26. The summed E-state index contributed by atoms with van der Waals surface area (Å²) in [5.41, 5.74) is -2.05. The zero-order valence-electron chi connectivity index (χ0n) is 9.54. The SMILES string of the molecule is C#C[C@H]1CC[C@](C)(C(=O)OCC)[C@]1(C)O. The van der Waals surface area contributed by atoms with Crippen molar-refractivity contribution in [2.45, 2.75) is 39.2 Å². The van der Waals surface area contributed by atoms with Gasteiger partial charge in [0.15, 0.2) is 0 Å². The van der Waals surface area contributed by atoms with Gasteiger partial charge in [-0.2, -0.15) is 0 Å². The minimum atomic E-state index is -1.17. The predicted octanol–water partition coefficient (Wildman–Crippen LogP) is 1.35. The second kappa shape index (κ2) is 3.86. The lowest BCUT2D eigenvalue weighted by Crippen LogP contribution is -2.49. The van der Waals surface area contributed by atoms with Gasteiger partial charge in [0.2, 0.25) is 0 Å². The number of hydrogen-bond donors (Lipinski definition) is 1. The van der Waals surface area contributed by atoms with Gasteiger partial charge in [0.1, 0.15) is 0 Å². The van der Waals surface area contributed by atoms with E-state index in [2.05, 4.69) is 5.92 Å². The fourth-order valence-electron chi connectivity index (χ4n) is 2.20. The van der Waals surface area contributed by atoms with E-state index in [-0.39, 0.29) is 11.9 Å². The number of esters is 1. The highest BCUT2D eigenvalue weighted by Crippen LogP contribution is 2.50. The maximum absolute atomic E-state index is 11.8. The van der Waals surface area contributed by atoms with Crippen molar-refractivity contribution < 1.29 is 14.6 Å². The Morgan fingerprint density at radius 3 is 2.67 bits per heavy atom. The molecule has 15 heavy (non-hydrogen) atoms. The third kappa shape index (κ3) is 1.63. The first-order chi connectivity index (χ1) is 6.90. The van der Waals surface area contributed by atoms with Crippen molar-refractivity contribution in [3.63, 3.8) is 0 Å². The Kier molecular flexibility index (Phi) is 3.11. The maximum Gasteiger partial charge on any atom is 0.314 e. The molecular formula is C12H18O3. The van der Waals surface area contributed by atoms with Crippen LogP contribution in [0.3, 0.4) is 0 Å². The van der Waals surface area contributed by atoms with Crippen LogP contribution in [0.5, 0.6) is 0 Å². The second-order valence-electron chi connectivity index (χ2n) is 4.46. The summed E-state index contributed by atoms with van der Waals surface area (Å²) in [7, 11) is 0. The molecule has 0 amide bonds. The van der Waals surface area contributed by atoms with Gasteiger partial charge < -0.3 is 9.84 Å². The first-order valence-corrected chi connectivity index (χ1v) is 5.26. The number of hydrogen-bond acceptors (Lipinski definition) is 3. The molecule has 1 saturated carbocycles. The molecule has 0 saturated heterocycles. The van der Waals surface area contributed by atoms with Crippen molar-refractivity contribution in [3.05, 3.63) is 0 Å². The molecule has 0 unspecified atom stereocenters. The highest BCUT2D eigenvalue weighted by Gasteiger charge is 2.58. The highest BCUT2D eigenvalue weighted by atomic mass is 16.5. The number of ether oxygens (including phenoxy) is 1. The van der Waals surface area contributed by atoms with Crippen molar-refractivity contribution in [2.24, 2.45) is 11.3 Å². The molecule has 0 aromatic carbocycles. The van der Waals surface area contributed by atoms with Crippen molar-refractivity contribution in [1.29, 1.82) is 0 Å². The zero-order chi connectivity index (χ0) is 11.7. The van der Waals surface area contributed by atoms with Gasteiger partial charge in [-0.25, -0.2) is 0 Å². The summed E-state index contributed by atoms with van der Waals surface area (Å²) in [5, 5.41) is 10.3. The number of carbonyl (C=O) groups excluding carboxylic acids is 1.